The lowest BCUT2D eigenvalue weighted by Crippen LogP contribution is -2.17. The Kier molecular flexibility index (Phi) is 1.22. The van der Waals surface area contributed by atoms with Gasteiger partial charge >= 0.3 is 5.97 Å². The molecule has 0 aromatic heterocycles. The average molecular weight is 140 g/mol. The highest BCUT2D eigenvalue weighted by atomic mass is 16.4. The molecule has 0 amide bonds. The molecule has 2 rings (SSSR count). The van der Waals surface area contributed by atoms with Gasteiger partial charge in [-0.05, 0) is 37.5 Å². The molecule has 0 aliphatic heterocycles. The van der Waals surface area contributed by atoms with Crippen LogP contribution in [0.1, 0.15) is 25.7 Å². The van der Waals surface area contributed by atoms with Crippen LogP contribution in [0.25, 0.3) is 0 Å². The molecule has 2 aliphatic rings. The third-order valence-corrected chi connectivity index (χ3v) is 2.89. The summed E-state index contributed by atoms with van der Waals surface area (Å²) >= 11 is 0. The van der Waals surface area contributed by atoms with Crippen molar-refractivity contribution in [2.24, 2.45) is 17.8 Å². The van der Waals surface area contributed by atoms with Crippen LogP contribution < -0.4 is 0 Å². The number of fused-ring (bicyclic) bond motifs is 1. The largest absolute Gasteiger partial charge is 0.481 e. The fourth-order valence-electron chi connectivity index (χ4n) is 2.08. The molecule has 2 saturated carbocycles. The number of carbonyl (C=O) groups is 1. The lowest BCUT2D eigenvalue weighted by Gasteiger charge is -2.15. The van der Waals surface area contributed by atoms with Crippen LogP contribution in [0.2, 0.25) is 0 Å². The van der Waals surface area contributed by atoms with Gasteiger partial charge in [0.05, 0.1) is 5.92 Å². The Balaban J connectivity index is 1.94. The topological polar surface area (TPSA) is 37.3 Å². The zero-order chi connectivity index (χ0) is 7.14. The highest BCUT2D eigenvalue weighted by molar-refractivity contribution is 5.70. The predicted octanol–water partition coefficient (Wildman–Crippen LogP) is 1.51. The van der Waals surface area contributed by atoms with Gasteiger partial charge in [0.1, 0.15) is 0 Å². The highest BCUT2D eigenvalue weighted by Gasteiger charge is 2.43. The van der Waals surface area contributed by atoms with Crippen LogP contribution in [-0.2, 0) is 4.79 Å². The van der Waals surface area contributed by atoms with E-state index in [0.717, 1.165) is 24.7 Å². The summed E-state index contributed by atoms with van der Waals surface area (Å²) in [4.78, 5) is 10.5. The van der Waals surface area contributed by atoms with Gasteiger partial charge in [-0.3, -0.25) is 4.79 Å². The van der Waals surface area contributed by atoms with Gasteiger partial charge in [-0.15, -0.1) is 0 Å². The monoisotopic (exact) mass is 140 g/mol. The van der Waals surface area contributed by atoms with E-state index in [9.17, 15) is 4.79 Å². The molecule has 56 valence electrons. The molecule has 0 saturated heterocycles. The van der Waals surface area contributed by atoms with Crippen LogP contribution >= 0.6 is 0 Å². The third-order valence-electron chi connectivity index (χ3n) is 2.89. The van der Waals surface area contributed by atoms with Gasteiger partial charge in [-0.2, -0.15) is 0 Å². The number of aliphatic carboxylic acids is 1. The standard InChI is InChI=1S/C8H12O2/c9-8(10)6-2-1-5-3-7(5)4-6/h5-7H,1-4H2,(H,9,10)/t5-,6-,7-/m1/s1. The first-order valence-electron chi connectivity index (χ1n) is 4.00. The first-order valence-corrected chi connectivity index (χ1v) is 4.00. The van der Waals surface area contributed by atoms with Gasteiger partial charge in [0.15, 0.2) is 0 Å². The van der Waals surface area contributed by atoms with Crippen molar-refractivity contribution >= 4 is 5.97 Å². The molecular formula is C8H12O2. The maximum atomic E-state index is 10.5. The molecule has 10 heavy (non-hydrogen) atoms. The molecule has 2 nitrogen and oxygen atoms in total. The minimum atomic E-state index is -0.578. The van der Waals surface area contributed by atoms with Crippen molar-refractivity contribution in [3.05, 3.63) is 0 Å². The third kappa shape index (κ3) is 0.917. The molecule has 0 bridgehead atoms. The minimum absolute atomic E-state index is 0.0104. The van der Waals surface area contributed by atoms with Gasteiger partial charge in [-0.25, -0.2) is 0 Å². The van der Waals surface area contributed by atoms with Crippen molar-refractivity contribution in [3.63, 3.8) is 0 Å². The van der Waals surface area contributed by atoms with E-state index in [2.05, 4.69) is 0 Å². The van der Waals surface area contributed by atoms with Crippen LogP contribution in [0.3, 0.4) is 0 Å². The number of rotatable bonds is 1. The van der Waals surface area contributed by atoms with E-state index in [1.807, 2.05) is 0 Å². The lowest BCUT2D eigenvalue weighted by molar-refractivity contribution is -0.142. The molecule has 2 aliphatic carbocycles. The molecule has 0 unspecified atom stereocenters. The van der Waals surface area contributed by atoms with Crippen molar-refractivity contribution in [1.82, 2.24) is 0 Å². The van der Waals surface area contributed by atoms with Gasteiger partial charge in [-0.1, -0.05) is 0 Å². The normalized spacial score (nSPS) is 44.2. The molecular weight excluding hydrogens is 128 g/mol. The molecule has 3 atom stereocenters. The van der Waals surface area contributed by atoms with Gasteiger partial charge in [0.2, 0.25) is 0 Å². The van der Waals surface area contributed by atoms with Crippen molar-refractivity contribution in [2.75, 3.05) is 0 Å². The number of hydrogen-bond donors (Lipinski definition) is 1. The van der Waals surface area contributed by atoms with Crippen LogP contribution in [0.15, 0.2) is 0 Å². The highest BCUT2D eigenvalue weighted by Crippen LogP contribution is 2.51. The fourth-order valence-corrected chi connectivity index (χ4v) is 2.08. The van der Waals surface area contributed by atoms with Gasteiger partial charge in [0.25, 0.3) is 0 Å². The maximum absolute atomic E-state index is 10.5. The van der Waals surface area contributed by atoms with Crippen molar-refractivity contribution < 1.29 is 9.90 Å². The Morgan fingerprint density at radius 2 is 2.00 bits per heavy atom. The number of hydrogen-bond acceptors (Lipinski definition) is 1. The second-order valence-corrected chi connectivity index (χ2v) is 3.60. The minimum Gasteiger partial charge on any atom is -0.481 e. The number of carboxylic acid groups (broad SMARTS) is 1. The molecule has 0 spiro atoms. The number of carboxylic acids is 1. The molecule has 0 aromatic rings. The van der Waals surface area contributed by atoms with E-state index in [1.165, 1.54) is 12.8 Å². The molecule has 1 N–H and O–H groups in total. The van der Waals surface area contributed by atoms with Crippen molar-refractivity contribution in [1.29, 1.82) is 0 Å². The summed E-state index contributed by atoms with van der Waals surface area (Å²) in [5.41, 5.74) is 0. The maximum Gasteiger partial charge on any atom is 0.306 e. The molecule has 0 radical (unpaired) electrons. The van der Waals surface area contributed by atoms with Crippen molar-refractivity contribution in [3.8, 4) is 0 Å². The van der Waals surface area contributed by atoms with Gasteiger partial charge < -0.3 is 5.11 Å². The second-order valence-electron chi connectivity index (χ2n) is 3.60. The van der Waals surface area contributed by atoms with Crippen molar-refractivity contribution in [2.45, 2.75) is 25.7 Å². The van der Waals surface area contributed by atoms with Crippen LogP contribution in [-0.4, -0.2) is 11.1 Å². The molecule has 2 heteroatoms. The van der Waals surface area contributed by atoms with E-state index in [1.54, 1.807) is 0 Å². The predicted molar refractivity (Wildman–Crippen MR) is 36.6 cm³/mol. The summed E-state index contributed by atoms with van der Waals surface area (Å²) in [5.74, 6) is 1.11. The summed E-state index contributed by atoms with van der Waals surface area (Å²) in [5, 5.41) is 8.67. The summed E-state index contributed by atoms with van der Waals surface area (Å²) < 4.78 is 0. The zero-order valence-electron chi connectivity index (χ0n) is 5.92. The zero-order valence-corrected chi connectivity index (χ0v) is 5.92. The summed E-state index contributed by atoms with van der Waals surface area (Å²) in [6.45, 7) is 0. The Bertz CT molecular complexity index is 165. The van der Waals surface area contributed by atoms with Crippen LogP contribution in [0, 0.1) is 17.8 Å². The van der Waals surface area contributed by atoms with E-state index in [-0.39, 0.29) is 5.92 Å². The SMILES string of the molecule is O=C(O)[C@@H]1CC[C@@H]2C[C@@H]2C1. The quantitative estimate of drug-likeness (QED) is 0.599. The first kappa shape index (κ1) is 6.20. The Labute approximate surface area is 60.2 Å². The lowest BCUT2D eigenvalue weighted by atomic mass is 9.89. The molecule has 0 aromatic carbocycles. The first-order chi connectivity index (χ1) is 4.77. The summed E-state index contributed by atoms with van der Waals surface area (Å²) in [6, 6.07) is 0. The van der Waals surface area contributed by atoms with Crippen LogP contribution in [0.5, 0.6) is 0 Å². The van der Waals surface area contributed by atoms with E-state index >= 15 is 0 Å². The molecule has 0 heterocycles. The van der Waals surface area contributed by atoms with Crippen LogP contribution in [0.4, 0.5) is 0 Å². The summed E-state index contributed by atoms with van der Waals surface area (Å²) in [7, 11) is 0. The van der Waals surface area contributed by atoms with E-state index in [4.69, 9.17) is 5.11 Å². The Morgan fingerprint density at radius 1 is 1.20 bits per heavy atom. The summed E-state index contributed by atoms with van der Waals surface area (Å²) in [6.07, 6.45) is 4.36. The average Bonchev–Trinajstić information content (AvgIpc) is 2.63. The molecule has 2 fully saturated rings. The Hall–Kier alpha value is -0.530. The van der Waals surface area contributed by atoms with E-state index in [0.29, 0.717) is 0 Å². The van der Waals surface area contributed by atoms with Gasteiger partial charge in [0, 0.05) is 0 Å². The smallest absolute Gasteiger partial charge is 0.306 e. The fraction of sp³-hybridized carbons (Fsp3) is 0.875. The second kappa shape index (κ2) is 1.97. The Morgan fingerprint density at radius 3 is 2.60 bits per heavy atom. The van der Waals surface area contributed by atoms with E-state index < -0.39 is 5.97 Å².